The van der Waals surface area contributed by atoms with E-state index in [1.54, 1.807) is 6.20 Å². The van der Waals surface area contributed by atoms with Gasteiger partial charge in [-0.2, -0.15) is 0 Å². The maximum absolute atomic E-state index is 10.8. The van der Waals surface area contributed by atoms with E-state index >= 15 is 0 Å². The van der Waals surface area contributed by atoms with Gasteiger partial charge in [0.05, 0.1) is 18.9 Å². The third kappa shape index (κ3) is 4.89. The molecule has 0 saturated heterocycles. The smallest absolute Gasteiger partial charge is 0.303 e. The molecule has 1 aromatic rings. The van der Waals surface area contributed by atoms with Crippen molar-refractivity contribution >= 4 is 5.97 Å². The van der Waals surface area contributed by atoms with Crippen molar-refractivity contribution in [1.82, 2.24) is 4.98 Å². The summed E-state index contributed by atoms with van der Waals surface area (Å²) in [7, 11) is 0. The Labute approximate surface area is 95.6 Å². The maximum atomic E-state index is 10.8. The second-order valence-electron chi connectivity index (χ2n) is 4.17. The Kier molecular flexibility index (Phi) is 4.43. The highest BCUT2D eigenvalue weighted by Gasteiger charge is 2.21. The molecule has 0 saturated carbocycles. The van der Waals surface area contributed by atoms with Gasteiger partial charge < -0.3 is 9.47 Å². The molecule has 88 valence electrons. The third-order valence-corrected chi connectivity index (χ3v) is 1.85. The van der Waals surface area contributed by atoms with Gasteiger partial charge in [0.25, 0.3) is 0 Å². The summed E-state index contributed by atoms with van der Waals surface area (Å²) in [6, 6.07) is 5.65. The first-order chi connectivity index (χ1) is 7.49. The zero-order valence-electron chi connectivity index (χ0n) is 9.90. The number of aromatic nitrogens is 1. The van der Waals surface area contributed by atoms with Crippen LogP contribution in [0.2, 0.25) is 0 Å². The minimum absolute atomic E-state index is 0.300. The van der Waals surface area contributed by atoms with E-state index in [2.05, 4.69) is 4.98 Å². The summed E-state index contributed by atoms with van der Waals surface area (Å²) in [6.07, 6.45) is 1.72. The number of ether oxygens (including phenoxy) is 2. The summed E-state index contributed by atoms with van der Waals surface area (Å²) in [5.41, 5.74) is 0.266. The Hall–Kier alpha value is -1.42. The molecule has 0 aliphatic rings. The van der Waals surface area contributed by atoms with Gasteiger partial charge in [0.15, 0.2) is 0 Å². The van der Waals surface area contributed by atoms with Crippen molar-refractivity contribution < 1.29 is 14.3 Å². The first kappa shape index (κ1) is 12.6. The van der Waals surface area contributed by atoms with Crippen molar-refractivity contribution in [2.45, 2.75) is 33.0 Å². The van der Waals surface area contributed by atoms with E-state index in [0.29, 0.717) is 13.2 Å². The van der Waals surface area contributed by atoms with Crippen molar-refractivity contribution in [3.05, 3.63) is 30.1 Å². The second kappa shape index (κ2) is 5.61. The number of carbonyl (C=O) groups excluding carboxylic acids is 1. The zero-order valence-corrected chi connectivity index (χ0v) is 9.90. The fourth-order valence-corrected chi connectivity index (χ4v) is 1.30. The molecule has 0 radical (unpaired) electrons. The van der Waals surface area contributed by atoms with Gasteiger partial charge >= 0.3 is 5.97 Å². The maximum Gasteiger partial charge on any atom is 0.303 e. The highest BCUT2D eigenvalue weighted by atomic mass is 16.6. The summed E-state index contributed by atoms with van der Waals surface area (Å²) in [6.45, 7) is 5.79. The van der Waals surface area contributed by atoms with Gasteiger partial charge in [0.1, 0.15) is 5.60 Å². The van der Waals surface area contributed by atoms with Crippen molar-refractivity contribution in [3.8, 4) is 0 Å². The Bertz CT molecular complexity index is 335. The molecule has 0 atom stereocenters. The number of hydrogen-bond donors (Lipinski definition) is 0. The lowest BCUT2D eigenvalue weighted by Crippen LogP contribution is -2.32. The Morgan fingerprint density at radius 3 is 2.75 bits per heavy atom. The van der Waals surface area contributed by atoms with Gasteiger partial charge in [-0.3, -0.25) is 9.78 Å². The lowest BCUT2D eigenvalue weighted by Gasteiger charge is -2.23. The van der Waals surface area contributed by atoms with E-state index in [1.165, 1.54) is 6.92 Å². The molecule has 0 fully saturated rings. The van der Waals surface area contributed by atoms with Crippen LogP contribution in [0.25, 0.3) is 0 Å². The fraction of sp³-hybridized carbons (Fsp3) is 0.500. The molecule has 0 amide bonds. The van der Waals surface area contributed by atoms with Gasteiger partial charge in [-0.05, 0) is 26.0 Å². The highest BCUT2D eigenvalue weighted by Crippen LogP contribution is 2.10. The molecule has 0 N–H and O–H groups in total. The fourth-order valence-electron chi connectivity index (χ4n) is 1.30. The molecule has 0 bridgehead atoms. The summed E-state index contributed by atoms with van der Waals surface area (Å²) in [5, 5.41) is 0. The molecule has 0 aromatic carbocycles. The van der Waals surface area contributed by atoms with Gasteiger partial charge in [-0.1, -0.05) is 6.07 Å². The molecule has 1 aromatic heterocycles. The normalized spacial score (nSPS) is 11.2. The first-order valence-corrected chi connectivity index (χ1v) is 5.17. The van der Waals surface area contributed by atoms with Crippen molar-refractivity contribution in [1.29, 1.82) is 0 Å². The summed E-state index contributed by atoms with van der Waals surface area (Å²) < 4.78 is 10.5. The number of rotatable bonds is 5. The number of carbonyl (C=O) groups is 1. The summed E-state index contributed by atoms with van der Waals surface area (Å²) in [5.74, 6) is -0.300. The molecule has 16 heavy (non-hydrogen) atoms. The van der Waals surface area contributed by atoms with Crippen LogP contribution in [-0.2, 0) is 20.9 Å². The van der Waals surface area contributed by atoms with Gasteiger partial charge in [0.2, 0.25) is 0 Å². The Balaban J connectivity index is 2.32. The van der Waals surface area contributed by atoms with E-state index in [1.807, 2.05) is 32.0 Å². The molecular formula is C12H17NO3. The van der Waals surface area contributed by atoms with Crippen LogP contribution in [0.15, 0.2) is 24.4 Å². The molecule has 4 nitrogen and oxygen atoms in total. The van der Waals surface area contributed by atoms with Crippen LogP contribution in [0.1, 0.15) is 26.5 Å². The van der Waals surface area contributed by atoms with Crippen LogP contribution in [0.4, 0.5) is 0 Å². The van der Waals surface area contributed by atoms with Gasteiger partial charge in [-0.25, -0.2) is 0 Å². The SMILES string of the molecule is CC(=O)OC(C)(C)COCc1ccccn1. The standard InChI is InChI=1S/C12H17NO3/c1-10(14)16-12(2,3)9-15-8-11-6-4-5-7-13-11/h4-7H,8-9H2,1-3H3. The minimum atomic E-state index is -0.597. The lowest BCUT2D eigenvalue weighted by molar-refractivity contribution is -0.159. The average molecular weight is 223 g/mol. The second-order valence-corrected chi connectivity index (χ2v) is 4.17. The van der Waals surface area contributed by atoms with E-state index in [9.17, 15) is 4.79 Å². The summed E-state index contributed by atoms with van der Waals surface area (Å²) >= 11 is 0. The predicted octanol–water partition coefficient (Wildman–Crippen LogP) is 1.94. The predicted molar refractivity (Wildman–Crippen MR) is 59.7 cm³/mol. The molecule has 1 heterocycles. The van der Waals surface area contributed by atoms with Crippen molar-refractivity contribution in [2.75, 3.05) is 6.61 Å². The van der Waals surface area contributed by atoms with Gasteiger partial charge in [-0.15, -0.1) is 0 Å². The largest absolute Gasteiger partial charge is 0.457 e. The molecule has 0 spiro atoms. The minimum Gasteiger partial charge on any atom is -0.457 e. The van der Waals surface area contributed by atoms with E-state index in [-0.39, 0.29) is 5.97 Å². The van der Waals surface area contributed by atoms with E-state index in [4.69, 9.17) is 9.47 Å². The Morgan fingerprint density at radius 2 is 2.19 bits per heavy atom. The molecule has 0 aliphatic carbocycles. The van der Waals surface area contributed by atoms with Crippen LogP contribution in [0, 0.1) is 0 Å². The van der Waals surface area contributed by atoms with Gasteiger partial charge in [0, 0.05) is 13.1 Å². The van der Waals surface area contributed by atoms with Crippen LogP contribution >= 0.6 is 0 Å². The molecule has 0 aliphatic heterocycles. The number of esters is 1. The third-order valence-electron chi connectivity index (χ3n) is 1.85. The molecule has 1 rings (SSSR count). The number of nitrogens with zero attached hydrogens (tertiary/aromatic N) is 1. The van der Waals surface area contributed by atoms with Crippen LogP contribution in [-0.4, -0.2) is 23.2 Å². The van der Waals surface area contributed by atoms with Crippen molar-refractivity contribution in [3.63, 3.8) is 0 Å². The molecule has 0 unspecified atom stereocenters. The number of hydrogen-bond acceptors (Lipinski definition) is 4. The molecule has 4 heteroatoms. The van der Waals surface area contributed by atoms with Crippen molar-refractivity contribution in [2.24, 2.45) is 0 Å². The zero-order chi connectivity index (χ0) is 12.0. The van der Waals surface area contributed by atoms with E-state index < -0.39 is 5.60 Å². The molecular weight excluding hydrogens is 206 g/mol. The Morgan fingerprint density at radius 1 is 1.44 bits per heavy atom. The van der Waals surface area contributed by atoms with Crippen LogP contribution < -0.4 is 0 Å². The summed E-state index contributed by atoms with van der Waals surface area (Å²) in [4.78, 5) is 14.9. The first-order valence-electron chi connectivity index (χ1n) is 5.17. The average Bonchev–Trinajstić information content (AvgIpc) is 2.16. The van der Waals surface area contributed by atoms with Crippen LogP contribution in [0.3, 0.4) is 0 Å². The van der Waals surface area contributed by atoms with Crippen LogP contribution in [0.5, 0.6) is 0 Å². The topological polar surface area (TPSA) is 48.4 Å². The lowest BCUT2D eigenvalue weighted by atomic mass is 10.1. The van der Waals surface area contributed by atoms with E-state index in [0.717, 1.165) is 5.69 Å². The monoisotopic (exact) mass is 223 g/mol. The highest BCUT2D eigenvalue weighted by molar-refractivity contribution is 5.66. The quantitative estimate of drug-likeness (QED) is 0.716. The number of pyridine rings is 1.